The highest BCUT2D eigenvalue weighted by molar-refractivity contribution is 9.10. The van der Waals surface area contributed by atoms with Crippen LogP contribution in [-0.4, -0.2) is 58.3 Å². The minimum Gasteiger partial charge on any atom is -0.465 e. The fourth-order valence-corrected chi connectivity index (χ4v) is 7.02. The number of nitrogens with zero attached hydrogens (tertiary/aromatic N) is 3. The summed E-state index contributed by atoms with van der Waals surface area (Å²) in [4.78, 5) is 21.9. The highest BCUT2D eigenvalue weighted by Gasteiger charge is 2.72. The number of carboxylic acid groups (broad SMARTS) is 1. The summed E-state index contributed by atoms with van der Waals surface area (Å²) in [7, 11) is -1.47. The molecule has 0 spiro atoms. The minimum atomic E-state index is -2.75. The predicted octanol–water partition coefficient (Wildman–Crippen LogP) is 7.03. The monoisotopic (exact) mass is 595 g/mol. The van der Waals surface area contributed by atoms with Gasteiger partial charge in [-0.15, -0.1) is 0 Å². The van der Waals surface area contributed by atoms with Crippen LogP contribution in [0.2, 0.25) is 25.7 Å². The van der Waals surface area contributed by atoms with Crippen molar-refractivity contribution in [3.05, 3.63) is 28.2 Å². The van der Waals surface area contributed by atoms with Gasteiger partial charge in [-0.2, -0.15) is 4.39 Å². The van der Waals surface area contributed by atoms with Gasteiger partial charge in [0.1, 0.15) is 6.23 Å². The number of aromatic nitrogens is 1. The van der Waals surface area contributed by atoms with Crippen molar-refractivity contribution in [2.75, 3.05) is 6.61 Å². The average Bonchev–Trinajstić information content (AvgIpc) is 3.44. The van der Waals surface area contributed by atoms with E-state index in [1.54, 1.807) is 6.92 Å². The zero-order valence-electron chi connectivity index (χ0n) is 21.0. The van der Waals surface area contributed by atoms with E-state index in [9.17, 15) is 23.1 Å². The van der Waals surface area contributed by atoms with Crippen molar-refractivity contribution in [3.63, 3.8) is 0 Å². The molecule has 1 aromatic heterocycles. The quantitative estimate of drug-likeness (QED) is 0.208. The molecular weight excluding hydrogens is 563 g/mol. The van der Waals surface area contributed by atoms with Gasteiger partial charge in [-0.3, -0.25) is 4.99 Å². The van der Waals surface area contributed by atoms with Crippen LogP contribution in [0.1, 0.15) is 39.7 Å². The Labute approximate surface area is 218 Å². The first-order chi connectivity index (χ1) is 15.9. The maximum absolute atomic E-state index is 14.9. The maximum atomic E-state index is 14.9. The molecule has 0 saturated heterocycles. The molecule has 2 aliphatic rings. The van der Waals surface area contributed by atoms with Crippen molar-refractivity contribution in [1.29, 1.82) is 0 Å². The molecule has 2 heterocycles. The second kappa shape index (κ2) is 9.64. The fourth-order valence-electron chi connectivity index (χ4n) is 4.40. The standard InChI is InChI=1S/C23H33BrF3N3O3SSi/c1-21(2,3)18(33-8-9-35(5,6)7)30(20(31)32)19-29-22(4,14-10-13(24)12-28-16(14)25)15-11-23(15,34-19)17(26)27/h10,12,15,17-18H,8-9,11H2,1-7H3,(H,31,32)/t15-,18?,22+,23-/m0/s1. The van der Waals surface area contributed by atoms with Gasteiger partial charge in [0, 0.05) is 42.2 Å². The number of hydrogen-bond donors (Lipinski definition) is 1. The molecule has 12 heteroatoms. The van der Waals surface area contributed by atoms with Crippen LogP contribution in [-0.2, 0) is 10.3 Å². The number of hydrogen-bond acceptors (Lipinski definition) is 5. The zero-order chi connectivity index (χ0) is 26.6. The maximum Gasteiger partial charge on any atom is 0.415 e. The zero-order valence-corrected chi connectivity index (χ0v) is 24.4. The summed E-state index contributed by atoms with van der Waals surface area (Å²) in [5, 5.41) is 10.1. The summed E-state index contributed by atoms with van der Waals surface area (Å²) in [6.07, 6.45) is -3.72. The van der Waals surface area contributed by atoms with E-state index in [-0.39, 0.29) is 17.2 Å². The number of carbonyl (C=O) groups is 1. The Balaban J connectivity index is 2.11. The normalized spacial score (nSPS) is 27.3. The van der Waals surface area contributed by atoms with Crippen LogP contribution in [0.4, 0.5) is 18.0 Å². The van der Waals surface area contributed by atoms with Crippen molar-refractivity contribution in [3.8, 4) is 0 Å². The van der Waals surface area contributed by atoms with E-state index in [1.165, 1.54) is 12.3 Å². The third-order valence-electron chi connectivity index (χ3n) is 6.48. The summed E-state index contributed by atoms with van der Waals surface area (Å²) >= 11 is 4.03. The highest BCUT2D eigenvalue weighted by Crippen LogP contribution is 2.69. The van der Waals surface area contributed by atoms with Gasteiger partial charge in [-0.25, -0.2) is 23.5 Å². The van der Waals surface area contributed by atoms with Gasteiger partial charge < -0.3 is 9.84 Å². The number of amidine groups is 1. The van der Waals surface area contributed by atoms with E-state index in [0.717, 1.165) is 22.7 Å². The summed E-state index contributed by atoms with van der Waals surface area (Å²) in [6, 6.07) is 2.28. The lowest BCUT2D eigenvalue weighted by molar-refractivity contribution is -0.0761. The smallest absolute Gasteiger partial charge is 0.415 e. The molecule has 35 heavy (non-hydrogen) atoms. The van der Waals surface area contributed by atoms with Crippen LogP contribution in [0.3, 0.4) is 0 Å². The number of halogens is 4. The lowest BCUT2D eigenvalue weighted by atomic mass is 9.87. The van der Waals surface area contributed by atoms with Crippen molar-refractivity contribution in [2.45, 2.75) is 82.7 Å². The van der Waals surface area contributed by atoms with Crippen molar-refractivity contribution < 1.29 is 27.8 Å². The Morgan fingerprint density at radius 3 is 2.54 bits per heavy atom. The Kier molecular flexibility index (Phi) is 7.84. The minimum absolute atomic E-state index is 0.0505. The van der Waals surface area contributed by atoms with Crippen LogP contribution in [0, 0.1) is 17.3 Å². The van der Waals surface area contributed by atoms with Crippen molar-refractivity contribution in [2.24, 2.45) is 16.3 Å². The summed E-state index contributed by atoms with van der Waals surface area (Å²) < 4.78 is 48.7. The van der Waals surface area contributed by atoms with Gasteiger partial charge in [-0.05, 0) is 41.4 Å². The van der Waals surface area contributed by atoms with Gasteiger partial charge in [0.25, 0.3) is 6.43 Å². The van der Waals surface area contributed by atoms with Crippen LogP contribution >= 0.6 is 27.7 Å². The molecule has 1 saturated carbocycles. The number of thioether (sulfide) groups is 1. The molecule has 1 N–H and O–H groups in total. The number of fused-ring (bicyclic) bond motifs is 1. The van der Waals surface area contributed by atoms with E-state index >= 15 is 0 Å². The van der Waals surface area contributed by atoms with Crippen molar-refractivity contribution in [1.82, 2.24) is 9.88 Å². The molecule has 1 aliphatic heterocycles. The molecule has 1 aliphatic carbocycles. The first-order valence-electron chi connectivity index (χ1n) is 11.4. The molecule has 0 aromatic carbocycles. The molecule has 1 unspecified atom stereocenters. The van der Waals surface area contributed by atoms with Crippen molar-refractivity contribution >= 4 is 47.0 Å². The summed E-state index contributed by atoms with van der Waals surface area (Å²) in [6.45, 7) is 14.0. The lowest BCUT2D eigenvalue weighted by Gasteiger charge is -2.42. The van der Waals surface area contributed by atoms with Gasteiger partial charge >= 0.3 is 6.09 Å². The Morgan fingerprint density at radius 1 is 1.40 bits per heavy atom. The van der Waals surface area contributed by atoms with Crippen LogP contribution in [0.5, 0.6) is 0 Å². The lowest BCUT2D eigenvalue weighted by Crippen LogP contribution is -2.53. The highest BCUT2D eigenvalue weighted by atomic mass is 79.9. The third-order valence-corrected chi connectivity index (χ3v) is 10.1. The van der Waals surface area contributed by atoms with E-state index in [4.69, 9.17) is 4.74 Å². The van der Waals surface area contributed by atoms with Gasteiger partial charge in [0.2, 0.25) is 5.95 Å². The molecule has 4 atom stereocenters. The van der Waals surface area contributed by atoms with E-state index in [2.05, 4.69) is 45.5 Å². The molecule has 3 rings (SSSR count). The Bertz CT molecular complexity index is 1020. The number of ether oxygens (including phenoxy) is 1. The molecule has 1 amide bonds. The molecule has 196 valence electrons. The van der Waals surface area contributed by atoms with Crippen LogP contribution in [0.25, 0.3) is 0 Å². The number of alkyl halides is 2. The largest absolute Gasteiger partial charge is 0.465 e. The van der Waals surface area contributed by atoms with Crippen LogP contribution < -0.4 is 0 Å². The third kappa shape index (κ3) is 5.75. The SMILES string of the molecule is CC(C)(C)C(OCC[Si](C)(C)C)N(C(=O)O)C1=N[C@](C)(c2cc(Br)cnc2F)[C@@H]2C[C@]2(C(F)F)S1. The topological polar surface area (TPSA) is 75.0 Å². The second-order valence-corrected chi connectivity index (χ2v) is 19.6. The predicted molar refractivity (Wildman–Crippen MR) is 138 cm³/mol. The number of amides is 1. The summed E-state index contributed by atoms with van der Waals surface area (Å²) in [5.74, 6) is -1.49. The Morgan fingerprint density at radius 2 is 2.03 bits per heavy atom. The van der Waals surface area contributed by atoms with E-state index < -0.39 is 54.4 Å². The first kappa shape index (κ1) is 28.5. The van der Waals surface area contributed by atoms with Crippen LogP contribution in [0.15, 0.2) is 21.7 Å². The molecule has 1 fully saturated rings. The van der Waals surface area contributed by atoms with E-state index in [0.29, 0.717) is 11.1 Å². The number of rotatable bonds is 7. The molecule has 0 bridgehead atoms. The summed E-state index contributed by atoms with van der Waals surface area (Å²) in [5.41, 5.74) is -2.06. The average molecular weight is 597 g/mol. The first-order valence-corrected chi connectivity index (χ1v) is 16.8. The molecular formula is C23H33BrF3N3O3SSi. The number of pyridine rings is 1. The van der Waals surface area contributed by atoms with Gasteiger partial charge in [-0.1, -0.05) is 52.2 Å². The molecule has 0 radical (unpaired) electrons. The van der Waals surface area contributed by atoms with Gasteiger partial charge in [0.15, 0.2) is 5.17 Å². The fraction of sp³-hybridized carbons (Fsp3) is 0.696. The van der Waals surface area contributed by atoms with Gasteiger partial charge in [0.05, 0.1) is 10.3 Å². The molecule has 1 aromatic rings. The number of aliphatic imine (C=N–C) groups is 1. The second-order valence-electron chi connectivity index (χ2n) is 11.7. The Hall–Kier alpha value is -1.11. The molecule has 6 nitrogen and oxygen atoms in total. The van der Waals surface area contributed by atoms with E-state index in [1.807, 2.05) is 20.8 Å².